The number of amides is 1. The molecule has 0 spiro atoms. The van der Waals surface area contributed by atoms with Crippen LogP contribution in [0.3, 0.4) is 0 Å². The van der Waals surface area contributed by atoms with Gasteiger partial charge in [0.15, 0.2) is 16.7 Å². The highest BCUT2D eigenvalue weighted by molar-refractivity contribution is 7.99. The maximum atomic E-state index is 13.2. The molecule has 1 saturated heterocycles. The Hall–Kier alpha value is -3.46. The summed E-state index contributed by atoms with van der Waals surface area (Å²) in [7, 11) is 0. The van der Waals surface area contributed by atoms with Gasteiger partial charge in [-0.1, -0.05) is 48.2 Å². The second-order valence-corrected chi connectivity index (χ2v) is 10.1. The molecule has 1 N–H and O–H groups in total. The molecule has 9 heteroatoms. The molecule has 1 aromatic heterocycles. The molecule has 0 unspecified atom stereocenters. The number of nitrogens with one attached hydrogen (secondary N) is 1. The lowest BCUT2D eigenvalue weighted by Crippen LogP contribution is -2.32. The van der Waals surface area contributed by atoms with Crippen LogP contribution in [0.2, 0.25) is 0 Å². The quantitative estimate of drug-likeness (QED) is 0.409. The van der Waals surface area contributed by atoms with Gasteiger partial charge in [-0.3, -0.25) is 19.0 Å². The van der Waals surface area contributed by atoms with Gasteiger partial charge in [0.05, 0.1) is 17.0 Å². The Labute approximate surface area is 207 Å². The number of carbonyl (C=O) groups excluding carboxylic acids is 3. The highest BCUT2D eigenvalue weighted by atomic mass is 32.2. The van der Waals surface area contributed by atoms with Crippen molar-refractivity contribution in [2.75, 3.05) is 29.1 Å². The molecule has 3 aromatic rings. The van der Waals surface area contributed by atoms with Gasteiger partial charge in [0, 0.05) is 35.8 Å². The molecule has 1 saturated carbocycles. The van der Waals surface area contributed by atoms with Crippen LogP contribution in [0.5, 0.6) is 0 Å². The summed E-state index contributed by atoms with van der Waals surface area (Å²) in [5, 5.41) is 12.5. The first kappa shape index (κ1) is 22.0. The Morgan fingerprint density at radius 3 is 2.37 bits per heavy atom. The predicted octanol–water partition coefficient (Wildman–Crippen LogP) is 4.11. The van der Waals surface area contributed by atoms with E-state index in [2.05, 4.69) is 25.0 Å². The van der Waals surface area contributed by atoms with Gasteiger partial charge in [0.2, 0.25) is 11.9 Å². The molecule has 2 heterocycles. The standard InChI is InChI=1S/C26H25N5O3S/c32-21(15-35-26-29-28-25(31(26)16-11-12-16)30-13-4-1-5-14-30)27-20-10-6-9-19-22(20)24(34)18-8-3-2-7-17(18)23(19)33/h2-3,6-10,16H,1,4-5,11-15H2,(H,27,32). The topological polar surface area (TPSA) is 97.2 Å². The van der Waals surface area contributed by atoms with Crippen molar-refractivity contribution >= 4 is 40.9 Å². The molecule has 1 amide bonds. The first-order valence-electron chi connectivity index (χ1n) is 12.1. The van der Waals surface area contributed by atoms with Crippen molar-refractivity contribution < 1.29 is 14.4 Å². The van der Waals surface area contributed by atoms with Crippen molar-refractivity contribution in [1.82, 2.24) is 14.8 Å². The van der Waals surface area contributed by atoms with Crippen LogP contribution in [0.15, 0.2) is 47.6 Å². The Bertz CT molecular complexity index is 1340. The minimum atomic E-state index is -0.257. The monoisotopic (exact) mass is 487 g/mol. The van der Waals surface area contributed by atoms with Crippen LogP contribution < -0.4 is 10.2 Å². The maximum Gasteiger partial charge on any atom is 0.234 e. The van der Waals surface area contributed by atoms with E-state index in [0.717, 1.165) is 49.9 Å². The number of hydrogen-bond acceptors (Lipinski definition) is 7. The van der Waals surface area contributed by atoms with E-state index in [1.807, 2.05) is 0 Å². The Morgan fingerprint density at radius 2 is 1.63 bits per heavy atom. The number of aromatic nitrogens is 3. The number of carbonyl (C=O) groups is 3. The van der Waals surface area contributed by atoms with E-state index in [-0.39, 0.29) is 28.8 Å². The van der Waals surface area contributed by atoms with Crippen molar-refractivity contribution in [2.24, 2.45) is 0 Å². The number of hydrogen-bond donors (Lipinski definition) is 1. The average molecular weight is 488 g/mol. The fourth-order valence-corrected chi connectivity index (χ4v) is 5.70. The van der Waals surface area contributed by atoms with Gasteiger partial charge in [0.25, 0.3) is 0 Å². The van der Waals surface area contributed by atoms with Gasteiger partial charge in [-0.15, -0.1) is 10.2 Å². The normalized spacial score (nSPS) is 17.2. The van der Waals surface area contributed by atoms with Crippen molar-refractivity contribution in [2.45, 2.75) is 43.3 Å². The summed E-state index contributed by atoms with van der Waals surface area (Å²) < 4.78 is 2.19. The predicted molar refractivity (Wildman–Crippen MR) is 133 cm³/mol. The van der Waals surface area contributed by atoms with E-state index in [1.54, 1.807) is 42.5 Å². The Balaban J connectivity index is 1.20. The molecule has 0 bridgehead atoms. The summed E-state index contributed by atoms with van der Waals surface area (Å²) in [6.07, 6.45) is 5.78. The zero-order valence-electron chi connectivity index (χ0n) is 19.2. The van der Waals surface area contributed by atoms with Crippen LogP contribution >= 0.6 is 11.8 Å². The van der Waals surface area contributed by atoms with Crippen molar-refractivity contribution in [3.63, 3.8) is 0 Å². The fourth-order valence-electron chi connectivity index (χ4n) is 4.90. The SMILES string of the molecule is O=C(CSc1nnc(N2CCCCC2)n1C1CC1)Nc1cccc2c1C(=O)c1ccccc1C2=O. The van der Waals surface area contributed by atoms with E-state index >= 15 is 0 Å². The minimum absolute atomic E-state index is 0.132. The average Bonchev–Trinajstić information content (AvgIpc) is 3.65. The molecule has 1 aliphatic heterocycles. The lowest BCUT2D eigenvalue weighted by molar-refractivity contribution is -0.113. The molecule has 178 valence electrons. The van der Waals surface area contributed by atoms with Crippen LogP contribution in [0.25, 0.3) is 0 Å². The zero-order valence-corrected chi connectivity index (χ0v) is 20.0. The van der Waals surface area contributed by atoms with Crippen LogP contribution in [-0.2, 0) is 4.79 Å². The van der Waals surface area contributed by atoms with Crippen LogP contribution in [0, 0.1) is 0 Å². The first-order chi connectivity index (χ1) is 17.1. The lowest BCUT2D eigenvalue weighted by Gasteiger charge is -2.27. The largest absolute Gasteiger partial charge is 0.341 e. The summed E-state index contributed by atoms with van der Waals surface area (Å²) in [6.45, 7) is 1.98. The van der Waals surface area contributed by atoms with Crippen LogP contribution in [0.4, 0.5) is 11.6 Å². The first-order valence-corrected chi connectivity index (χ1v) is 13.0. The second kappa shape index (κ2) is 8.96. The number of fused-ring (bicyclic) bond motifs is 2. The van der Waals surface area contributed by atoms with Crippen LogP contribution in [-0.4, -0.2) is 51.1 Å². The third-order valence-electron chi connectivity index (χ3n) is 6.76. The van der Waals surface area contributed by atoms with Crippen LogP contribution in [0.1, 0.15) is 70.0 Å². The molecule has 0 atom stereocenters. The molecular formula is C26H25N5O3S. The van der Waals surface area contributed by atoms with Crippen molar-refractivity contribution in [3.8, 4) is 0 Å². The fraction of sp³-hybridized carbons (Fsp3) is 0.346. The molecule has 0 radical (unpaired) electrons. The lowest BCUT2D eigenvalue weighted by atomic mass is 9.83. The van der Waals surface area contributed by atoms with Gasteiger partial charge in [-0.2, -0.15) is 0 Å². The third-order valence-corrected chi connectivity index (χ3v) is 7.70. The highest BCUT2D eigenvalue weighted by Gasteiger charge is 2.33. The van der Waals surface area contributed by atoms with Gasteiger partial charge in [-0.05, 0) is 38.2 Å². The summed E-state index contributed by atoms with van der Waals surface area (Å²) in [6, 6.07) is 12.2. The molecule has 2 fully saturated rings. The maximum absolute atomic E-state index is 13.2. The van der Waals surface area contributed by atoms with Gasteiger partial charge >= 0.3 is 0 Å². The number of anilines is 2. The van der Waals surface area contributed by atoms with Gasteiger partial charge in [-0.25, -0.2) is 0 Å². The number of benzene rings is 2. The molecule has 8 nitrogen and oxygen atoms in total. The number of ketones is 2. The van der Waals surface area contributed by atoms with E-state index in [9.17, 15) is 14.4 Å². The number of thioether (sulfide) groups is 1. The molecule has 3 aliphatic rings. The number of piperidine rings is 1. The highest BCUT2D eigenvalue weighted by Crippen LogP contribution is 2.41. The molecular weight excluding hydrogens is 462 g/mol. The Morgan fingerprint density at radius 1 is 0.914 bits per heavy atom. The van der Waals surface area contributed by atoms with E-state index < -0.39 is 0 Å². The van der Waals surface area contributed by atoms with Gasteiger partial charge in [0.1, 0.15) is 0 Å². The van der Waals surface area contributed by atoms with E-state index in [0.29, 0.717) is 28.4 Å². The van der Waals surface area contributed by atoms with Gasteiger partial charge < -0.3 is 10.2 Å². The van der Waals surface area contributed by atoms with E-state index in [4.69, 9.17) is 0 Å². The number of rotatable bonds is 6. The summed E-state index contributed by atoms with van der Waals surface area (Å²) in [4.78, 5) is 41.3. The summed E-state index contributed by atoms with van der Waals surface area (Å²) in [5.74, 6) is 0.331. The smallest absolute Gasteiger partial charge is 0.234 e. The van der Waals surface area contributed by atoms with E-state index in [1.165, 1.54) is 18.2 Å². The second-order valence-electron chi connectivity index (χ2n) is 9.20. The Kier molecular flexibility index (Phi) is 5.64. The minimum Gasteiger partial charge on any atom is -0.341 e. The third kappa shape index (κ3) is 4.03. The molecule has 6 rings (SSSR count). The molecule has 2 aliphatic carbocycles. The van der Waals surface area contributed by atoms with Crippen molar-refractivity contribution in [3.05, 3.63) is 64.7 Å². The zero-order chi connectivity index (χ0) is 23.9. The molecule has 2 aromatic carbocycles. The number of nitrogens with zero attached hydrogens (tertiary/aromatic N) is 4. The van der Waals surface area contributed by atoms with Crippen molar-refractivity contribution in [1.29, 1.82) is 0 Å². The summed E-state index contributed by atoms with van der Waals surface area (Å²) in [5.41, 5.74) is 1.69. The molecule has 35 heavy (non-hydrogen) atoms. The summed E-state index contributed by atoms with van der Waals surface area (Å²) >= 11 is 1.35.